The van der Waals surface area contributed by atoms with Crippen molar-refractivity contribution in [2.45, 2.75) is 32.6 Å². The highest BCUT2D eigenvalue weighted by Gasteiger charge is 2.26. The van der Waals surface area contributed by atoms with E-state index in [4.69, 9.17) is 9.40 Å². The van der Waals surface area contributed by atoms with Crippen LogP contribution in [0.4, 0.5) is 0 Å². The van der Waals surface area contributed by atoms with Crippen LogP contribution in [0.2, 0.25) is 0 Å². The number of aromatic amines is 1. The van der Waals surface area contributed by atoms with E-state index in [1.54, 1.807) is 0 Å². The number of aryl methyl sites for hydroxylation is 2. The molecule has 0 atom stereocenters. The minimum atomic E-state index is -0.0717. The second-order valence-corrected chi connectivity index (χ2v) is 9.76. The summed E-state index contributed by atoms with van der Waals surface area (Å²) >= 11 is 0. The van der Waals surface area contributed by atoms with Crippen molar-refractivity contribution >= 4 is 27.9 Å². The number of fused-ring (bicyclic) bond motifs is 2. The SMILES string of the molecule is Cc1ccc2nc(C3CCN(C(=O)c4ccc(-c5cc(=O)c6cc(C)ccc6o5)cc4)CC3)[nH]c2c1. The van der Waals surface area contributed by atoms with Crippen LogP contribution >= 0.6 is 0 Å². The number of aromatic nitrogens is 2. The number of piperidine rings is 1. The zero-order valence-electron chi connectivity index (χ0n) is 20.4. The third-order valence-electron chi connectivity index (χ3n) is 7.12. The highest BCUT2D eigenvalue weighted by molar-refractivity contribution is 5.94. The van der Waals surface area contributed by atoms with Crippen molar-refractivity contribution in [2.75, 3.05) is 13.1 Å². The lowest BCUT2D eigenvalue weighted by atomic mass is 9.95. The number of imidazole rings is 1. The first kappa shape index (κ1) is 22.3. The van der Waals surface area contributed by atoms with Crippen LogP contribution < -0.4 is 5.43 Å². The molecule has 1 saturated heterocycles. The van der Waals surface area contributed by atoms with E-state index in [1.807, 2.05) is 54.3 Å². The summed E-state index contributed by atoms with van der Waals surface area (Å²) in [6.45, 7) is 5.42. The van der Waals surface area contributed by atoms with E-state index in [0.717, 1.165) is 40.8 Å². The van der Waals surface area contributed by atoms with Crippen molar-refractivity contribution in [3.8, 4) is 11.3 Å². The summed E-state index contributed by atoms with van der Waals surface area (Å²) in [6.07, 6.45) is 1.76. The fourth-order valence-electron chi connectivity index (χ4n) is 5.06. The summed E-state index contributed by atoms with van der Waals surface area (Å²) in [4.78, 5) is 35.9. The van der Waals surface area contributed by atoms with Crippen molar-refractivity contribution in [3.63, 3.8) is 0 Å². The monoisotopic (exact) mass is 477 g/mol. The van der Waals surface area contributed by atoms with Crippen molar-refractivity contribution in [1.29, 1.82) is 0 Å². The van der Waals surface area contributed by atoms with Gasteiger partial charge in [-0.15, -0.1) is 0 Å². The molecule has 0 radical (unpaired) electrons. The first-order chi connectivity index (χ1) is 17.4. The van der Waals surface area contributed by atoms with E-state index >= 15 is 0 Å². The third kappa shape index (κ3) is 4.09. The van der Waals surface area contributed by atoms with Crippen molar-refractivity contribution < 1.29 is 9.21 Å². The lowest BCUT2D eigenvalue weighted by Crippen LogP contribution is -2.38. The topological polar surface area (TPSA) is 79.2 Å². The van der Waals surface area contributed by atoms with Crippen LogP contribution in [0.1, 0.15) is 46.1 Å². The van der Waals surface area contributed by atoms with Crippen molar-refractivity contribution in [3.05, 3.63) is 99.5 Å². The van der Waals surface area contributed by atoms with E-state index in [9.17, 15) is 9.59 Å². The van der Waals surface area contributed by atoms with Gasteiger partial charge in [-0.25, -0.2) is 4.98 Å². The minimum Gasteiger partial charge on any atom is -0.456 e. The van der Waals surface area contributed by atoms with Gasteiger partial charge in [-0.05, 0) is 68.7 Å². The molecule has 6 heteroatoms. The molecule has 0 saturated carbocycles. The highest BCUT2D eigenvalue weighted by Crippen LogP contribution is 2.29. The molecule has 1 aliphatic heterocycles. The molecule has 0 spiro atoms. The second-order valence-electron chi connectivity index (χ2n) is 9.76. The Labute approximate surface area is 208 Å². The number of rotatable bonds is 3. The molecular formula is C30H27N3O3. The van der Waals surface area contributed by atoms with Crippen LogP contribution in [0.3, 0.4) is 0 Å². The number of nitrogens with zero attached hydrogens (tertiary/aromatic N) is 2. The Morgan fingerprint density at radius 3 is 2.44 bits per heavy atom. The smallest absolute Gasteiger partial charge is 0.253 e. The molecule has 3 aromatic carbocycles. The Kier molecular flexibility index (Phi) is 5.44. The van der Waals surface area contributed by atoms with Crippen LogP contribution in [0.5, 0.6) is 0 Å². The van der Waals surface area contributed by atoms with E-state index in [0.29, 0.717) is 41.3 Å². The van der Waals surface area contributed by atoms with Crippen LogP contribution in [-0.4, -0.2) is 33.9 Å². The molecule has 36 heavy (non-hydrogen) atoms. The number of hydrogen-bond donors (Lipinski definition) is 1. The van der Waals surface area contributed by atoms with E-state index < -0.39 is 0 Å². The Hall–Kier alpha value is -4.19. The molecule has 1 N–H and O–H groups in total. The van der Waals surface area contributed by atoms with Crippen molar-refractivity contribution in [2.24, 2.45) is 0 Å². The second kappa shape index (κ2) is 8.79. The van der Waals surface area contributed by atoms with Gasteiger partial charge in [0, 0.05) is 36.2 Å². The number of carbonyl (C=O) groups excluding carboxylic acids is 1. The summed E-state index contributed by atoms with van der Waals surface area (Å²) in [7, 11) is 0. The summed E-state index contributed by atoms with van der Waals surface area (Å²) in [5.74, 6) is 1.86. The number of carbonyl (C=O) groups is 1. The van der Waals surface area contributed by atoms with Gasteiger partial charge in [0.05, 0.1) is 16.4 Å². The van der Waals surface area contributed by atoms with Crippen LogP contribution in [-0.2, 0) is 0 Å². The lowest BCUT2D eigenvalue weighted by molar-refractivity contribution is 0.0711. The van der Waals surface area contributed by atoms with Crippen molar-refractivity contribution in [1.82, 2.24) is 14.9 Å². The Bertz CT molecular complexity index is 1660. The first-order valence-corrected chi connectivity index (χ1v) is 12.3. The van der Waals surface area contributed by atoms with Crippen LogP contribution in [0.15, 0.2) is 75.9 Å². The molecule has 1 amide bonds. The number of H-pyrrole nitrogens is 1. The normalized spacial score (nSPS) is 14.6. The van der Waals surface area contributed by atoms with Gasteiger partial charge in [-0.1, -0.05) is 29.8 Å². The first-order valence-electron chi connectivity index (χ1n) is 12.3. The Morgan fingerprint density at radius 2 is 1.67 bits per heavy atom. The molecule has 0 unspecified atom stereocenters. The summed E-state index contributed by atoms with van der Waals surface area (Å²) in [5.41, 5.74) is 6.18. The van der Waals surface area contributed by atoms with Crippen LogP contribution in [0.25, 0.3) is 33.3 Å². The number of likely N-dealkylation sites (tertiary alicyclic amines) is 1. The summed E-state index contributed by atoms with van der Waals surface area (Å²) in [6, 6.07) is 20.7. The predicted molar refractivity (Wildman–Crippen MR) is 141 cm³/mol. The average molecular weight is 478 g/mol. The molecule has 0 aliphatic carbocycles. The Balaban J connectivity index is 1.15. The maximum atomic E-state index is 13.2. The number of benzene rings is 3. The number of hydrogen-bond acceptors (Lipinski definition) is 4. The van der Waals surface area contributed by atoms with Crippen LogP contribution in [0, 0.1) is 13.8 Å². The molecule has 3 heterocycles. The van der Waals surface area contributed by atoms with Gasteiger partial charge < -0.3 is 14.3 Å². The van der Waals surface area contributed by atoms with Gasteiger partial charge in [0.1, 0.15) is 17.2 Å². The molecule has 1 fully saturated rings. The molecule has 1 aliphatic rings. The predicted octanol–water partition coefficient (Wildman–Crippen LogP) is 5.97. The quantitative estimate of drug-likeness (QED) is 0.347. The van der Waals surface area contributed by atoms with Gasteiger partial charge in [0.15, 0.2) is 5.43 Å². The standard InChI is InChI=1S/C30H27N3O3/c1-18-4-10-27-23(15-18)26(34)17-28(36-27)20-5-7-22(8-6-20)30(35)33-13-11-21(12-14-33)29-31-24-9-3-19(2)16-25(24)32-29/h3-10,15-17,21H,11-14H2,1-2H3,(H,31,32). The largest absolute Gasteiger partial charge is 0.456 e. The Morgan fingerprint density at radius 1 is 0.944 bits per heavy atom. The zero-order valence-corrected chi connectivity index (χ0v) is 20.4. The maximum Gasteiger partial charge on any atom is 0.253 e. The number of nitrogens with one attached hydrogen (secondary N) is 1. The molecule has 0 bridgehead atoms. The number of amides is 1. The van der Waals surface area contributed by atoms with Gasteiger partial charge in [-0.3, -0.25) is 9.59 Å². The van der Waals surface area contributed by atoms with E-state index in [2.05, 4.69) is 30.1 Å². The molecular weight excluding hydrogens is 450 g/mol. The fraction of sp³-hybridized carbons (Fsp3) is 0.233. The molecule has 180 valence electrons. The van der Waals surface area contributed by atoms with Gasteiger partial charge in [-0.2, -0.15) is 0 Å². The molecule has 5 aromatic rings. The molecule has 2 aromatic heterocycles. The zero-order chi connectivity index (χ0) is 24.8. The highest BCUT2D eigenvalue weighted by atomic mass is 16.3. The van der Waals surface area contributed by atoms with Gasteiger partial charge in [0.2, 0.25) is 0 Å². The lowest BCUT2D eigenvalue weighted by Gasteiger charge is -2.31. The minimum absolute atomic E-state index is 0.0238. The average Bonchev–Trinajstić information content (AvgIpc) is 3.32. The maximum absolute atomic E-state index is 13.2. The fourth-order valence-corrected chi connectivity index (χ4v) is 5.06. The molecule has 6 nitrogen and oxygen atoms in total. The van der Waals surface area contributed by atoms with Gasteiger partial charge >= 0.3 is 0 Å². The summed E-state index contributed by atoms with van der Waals surface area (Å²) in [5, 5.41) is 0.576. The molecule has 6 rings (SSSR count). The third-order valence-corrected chi connectivity index (χ3v) is 7.12. The van der Waals surface area contributed by atoms with Gasteiger partial charge in [0.25, 0.3) is 5.91 Å². The van der Waals surface area contributed by atoms with E-state index in [-0.39, 0.29) is 11.3 Å². The summed E-state index contributed by atoms with van der Waals surface area (Å²) < 4.78 is 5.98. The van der Waals surface area contributed by atoms with E-state index in [1.165, 1.54) is 11.6 Å².